The lowest BCUT2D eigenvalue weighted by molar-refractivity contribution is -0.384. The summed E-state index contributed by atoms with van der Waals surface area (Å²) >= 11 is 11.6. The van der Waals surface area contributed by atoms with Crippen LogP contribution in [0.15, 0.2) is 47.4 Å². The van der Waals surface area contributed by atoms with Crippen LogP contribution in [0.2, 0.25) is 10.0 Å². The molecule has 0 aromatic heterocycles. The van der Waals surface area contributed by atoms with Crippen LogP contribution in [0.4, 0.5) is 11.4 Å². The Balaban J connectivity index is 2.09. The smallest absolute Gasteiger partial charge is 0.269 e. The third-order valence-corrected chi connectivity index (χ3v) is 5.88. The molecule has 2 rings (SSSR count). The Kier molecular flexibility index (Phi) is 6.19. The number of benzene rings is 2. The van der Waals surface area contributed by atoms with Crippen LogP contribution in [-0.2, 0) is 14.8 Å². The maximum absolute atomic E-state index is 12.4. The lowest BCUT2D eigenvalue weighted by Crippen LogP contribution is -2.34. The Hall–Kier alpha value is -2.20. The summed E-state index contributed by atoms with van der Waals surface area (Å²) in [4.78, 5) is 21.9. The predicted molar refractivity (Wildman–Crippen MR) is 98.0 cm³/mol. The average molecular weight is 418 g/mol. The van der Waals surface area contributed by atoms with E-state index in [4.69, 9.17) is 23.2 Å². The second kappa shape index (κ2) is 8.00. The maximum atomic E-state index is 12.4. The summed E-state index contributed by atoms with van der Waals surface area (Å²) in [5.41, 5.74) is 0.134. The van der Waals surface area contributed by atoms with Gasteiger partial charge in [-0.15, -0.1) is 0 Å². The molecule has 11 heteroatoms. The molecular weight excluding hydrogens is 405 g/mol. The van der Waals surface area contributed by atoms with Crippen molar-refractivity contribution >= 4 is 50.5 Å². The molecule has 0 radical (unpaired) electrons. The first kappa shape index (κ1) is 20.1. The van der Waals surface area contributed by atoms with Crippen molar-refractivity contribution in [1.82, 2.24) is 4.31 Å². The first-order valence-corrected chi connectivity index (χ1v) is 9.26. The first-order valence-electron chi connectivity index (χ1n) is 7.07. The van der Waals surface area contributed by atoms with Crippen molar-refractivity contribution < 1.29 is 18.1 Å². The minimum atomic E-state index is -3.98. The van der Waals surface area contributed by atoms with Gasteiger partial charge in [0.1, 0.15) is 0 Å². The number of anilines is 1. The minimum Gasteiger partial charge on any atom is -0.325 e. The van der Waals surface area contributed by atoms with Crippen LogP contribution in [0.3, 0.4) is 0 Å². The van der Waals surface area contributed by atoms with Gasteiger partial charge in [-0.3, -0.25) is 14.9 Å². The number of halogens is 2. The van der Waals surface area contributed by atoms with Gasteiger partial charge in [-0.1, -0.05) is 23.2 Å². The van der Waals surface area contributed by atoms with Crippen molar-refractivity contribution in [2.24, 2.45) is 0 Å². The Morgan fingerprint density at radius 3 is 2.31 bits per heavy atom. The predicted octanol–water partition coefficient (Wildman–Crippen LogP) is 3.16. The molecule has 26 heavy (non-hydrogen) atoms. The van der Waals surface area contributed by atoms with Crippen molar-refractivity contribution in [1.29, 1.82) is 0 Å². The minimum absolute atomic E-state index is 0.159. The Morgan fingerprint density at radius 2 is 1.77 bits per heavy atom. The fraction of sp³-hybridized carbons (Fsp3) is 0.133. The quantitative estimate of drug-likeness (QED) is 0.573. The van der Waals surface area contributed by atoms with Gasteiger partial charge in [0, 0.05) is 24.9 Å². The van der Waals surface area contributed by atoms with E-state index < -0.39 is 27.4 Å². The molecule has 138 valence electrons. The van der Waals surface area contributed by atoms with Crippen LogP contribution in [0.25, 0.3) is 0 Å². The van der Waals surface area contributed by atoms with E-state index in [2.05, 4.69) is 5.32 Å². The third kappa shape index (κ3) is 4.70. The Bertz CT molecular complexity index is 948. The molecule has 2 aromatic carbocycles. The van der Waals surface area contributed by atoms with Gasteiger partial charge in [-0.2, -0.15) is 4.31 Å². The number of nitrogens with zero attached hydrogens (tertiary/aromatic N) is 2. The highest BCUT2D eigenvalue weighted by atomic mass is 35.5. The highest BCUT2D eigenvalue weighted by Gasteiger charge is 2.23. The monoisotopic (exact) mass is 417 g/mol. The highest BCUT2D eigenvalue weighted by molar-refractivity contribution is 7.89. The van der Waals surface area contributed by atoms with Crippen LogP contribution in [-0.4, -0.2) is 37.1 Å². The molecule has 8 nitrogen and oxygen atoms in total. The molecule has 0 spiro atoms. The number of carbonyl (C=O) groups excluding carboxylic acids is 1. The first-order chi connectivity index (χ1) is 12.1. The Morgan fingerprint density at radius 1 is 1.15 bits per heavy atom. The largest absolute Gasteiger partial charge is 0.325 e. The van der Waals surface area contributed by atoms with E-state index in [1.165, 1.54) is 25.2 Å². The number of sulfonamides is 1. The molecule has 0 saturated heterocycles. The van der Waals surface area contributed by atoms with E-state index in [-0.39, 0.29) is 15.6 Å². The molecule has 1 amide bonds. The van der Waals surface area contributed by atoms with Crippen molar-refractivity contribution in [2.75, 3.05) is 18.9 Å². The summed E-state index contributed by atoms with van der Waals surface area (Å²) < 4.78 is 25.7. The maximum Gasteiger partial charge on any atom is 0.269 e. The number of likely N-dealkylation sites (N-methyl/N-ethyl adjacent to an activating group) is 1. The molecule has 1 N–H and O–H groups in total. The number of amides is 1. The summed E-state index contributed by atoms with van der Waals surface area (Å²) in [6, 6.07) is 8.84. The molecule has 0 fully saturated rings. The van der Waals surface area contributed by atoms with Gasteiger partial charge in [-0.25, -0.2) is 8.42 Å². The molecule has 0 unspecified atom stereocenters. The number of carbonyl (C=O) groups is 1. The molecule has 0 bridgehead atoms. The van der Waals surface area contributed by atoms with Gasteiger partial charge < -0.3 is 5.32 Å². The highest BCUT2D eigenvalue weighted by Crippen LogP contribution is 2.25. The van der Waals surface area contributed by atoms with Crippen LogP contribution in [0, 0.1) is 10.1 Å². The molecule has 0 aliphatic carbocycles. The normalized spacial score (nSPS) is 11.4. The summed E-state index contributed by atoms with van der Waals surface area (Å²) in [6.07, 6.45) is 0. The second-order valence-corrected chi connectivity index (χ2v) is 8.05. The fourth-order valence-corrected chi connectivity index (χ4v) is 3.41. The van der Waals surface area contributed by atoms with Crippen LogP contribution >= 0.6 is 23.2 Å². The number of nitro benzene ring substituents is 1. The summed E-state index contributed by atoms with van der Waals surface area (Å²) in [7, 11) is -2.75. The molecule has 0 aliphatic heterocycles. The molecule has 0 heterocycles. The standard InChI is InChI=1S/C15H13Cl2N3O5S/c1-19(9-15(21)18-10-2-7-13(16)14(17)8-10)26(24,25)12-5-3-11(4-6-12)20(22)23/h2-8H,9H2,1H3,(H,18,21). The van der Waals surface area contributed by atoms with Crippen molar-refractivity contribution in [3.63, 3.8) is 0 Å². The number of nitrogens with one attached hydrogen (secondary N) is 1. The van der Waals surface area contributed by atoms with Gasteiger partial charge in [0.2, 0.25) is 15.9 Å². The van der Waals surface area contributed by atoms with Crippen molar-refractivity contribution in [3.8, 4) is 0 Å². The van der Waals surface area contributed by atoms with Gasteiger partial charge in [-0.05, 0) is 30.3 Å². The lowest BCUT2D eigenvalue weighted by Gasteiger charge is -2.17. The topological polar surface area (TPSA) is 110 Å². The Labute approximate surface area is 159 Å². The second-order valence-electron chi connectivity index (χ2n) is 5.19. The van der Waals surface area contributed by atoms with Crippen molar-refractivity contribution in [2.45, 2.75) is 4.90 Å². The third-order valence-electron chi connectivity index (χ3n) is 3.33. The molecule has 0 saturated carbocycles. The van der Waals surface area contributed by atoms with Gasteiger partial charge >= 0.3 is 0 Å². The van der Waals surface area contributed by atoms with E-state index in [1.807, 2.05) is 0 Å². The lowest BCUT2D eigenvalue weighted by atomic mass is 10.3. The molecule has 0 atom stereocenters. The van der Waals surface area contributed by atoms with Crippen molar-refractivity contribution in [3.05, 3.63) is 62.6 Å². The van der Waals surface area contributed by atoms with Gasteiger partial charge in [0.05, 0.1) is 26.4 Å². The van der Waals surface area contributed by atoms with Gasteiger partial charge in [0.15, 0.2) is 0 Å². The summed E-state index contributed by atoms with van der Waals surface area (Å²) in [6.45, 7) is -0.459. The zero-order chi connectivity index (χ0) is 19.5. The fourth-order valence-electron chi connectivity index (χ4n) is 1.98. The molecular formula is C15H13Cl2N3O5S. The zero-order valence-corrected chi connectivity index (χ0v) is 15.7. The number of rotatable bonds is 6. The number of non-ortho nitro benzene ring substituents is 1. The van der Waals surface area contributed by atoms with E-state index >= 15 is 0 Å². The number of hydrogen-bond donors (Lipinski definition) is 1. The van der Waals surface area contributed by atoms with E-state index in [0.29, 0.717) is 10.7 Å². The molecule has 0 aliphatic rings. The van der Waals surface area contributed by atoms with Gasteiger partial charge in [0.25, 0.3) is 5.69 Å². The van der Waals surface area contributed by atoms with E-state index in [9.17, 15) is 23.3 Å². The number of hydrogen-bond acceptors (Lipinski definition) is 5. The summed E-state index contributed by atoms with van der Waals surface area (Å²) in [5.74, 6) is -0.587. The zero-order valence-electron chi connectivity index (χ0n) is 13.3. The molecule has 2 aromatic rings. The van der Waals surface area contributed by atoms with Crippen LogP contribution < -0.4 is 5.32 Å². The van der Waals surface area contributed by atoms with E-state index in [1.54, 1.807) is 0 Å². The summed E-state index contributed by atoms with van der Waals surface area (Å²) in [5, 5.41) is 13.7. The van der Waals surface area contributed by atoms with Crippen LogP contribution in [0.5, 0.6) is 0 Å². The van der Waals surface area contributed by atoms with Crippen LogP contribution in [0.1, 0.15) is 0 Å². The number of nitro groups is 1. The SMILES string of the molecule is CN(CC(=O)Nc1ccc(Cl)c(Cl)c1)S(=O)(=O)c1ccc([N+](=O)[O-])cc1. The average Bonchev–Trinajstić information content (AvgIpc) is 2.58. The van der Waals surface area contributed by atoms with E-state index in [0.717, 1.165) is 28.6 Å².